The Bertz CT molecular complexity index is 738. The smallest absolute Gasteiger partial charge is 0.225 e. The van der Waals surface area contributed by atoms with Gasteiger partial charge in [-0.2, -0.15) is 0 Å². The van der Waals surface area contributed by atoms with Crippen molar-refractivity contribution in [2.45, 2.75) is 25.9 Å². The Balaban J connectivity index is 1.47. The van der Waals surface area contributed by atoms with Crippen molar-refractivity contribution in [3.63, 3.8) is 0 Å². The highest BCUT2D eigenvalue weighted by molar-refractivity contribution is 6.30. The zero-order chi connectivity index (χ0) is 19.2. The Labute approximate surface area is 166 Å². The van der Waals surface area contributed by atoms with Crippen LogP contribution in [0.3, 0.4) is 0 Å². The van der Waals surface area contributed by atoms with Crippen molar-refractivity contribution in [3.8, 4) is 5.75 Å². The maximum absolute atomic E-state index is 12.8. The molecule has 144 valence electrons. The molecule has 4 nitrogen and oxygen atoms in total. The molecular formula is C22H27ClN2O2. The molecular weight excluding hydrogens is 360 g/mol. The molecule has 3 rings (SSSR count). The summed E-state index contributed by atoms with van der Waals surface area (Å²) in [7, 11) is 3.55. The molecule has 1 aliphatic rings. The number of benzene rings is 2. The van der Waals surface area contributed by atoms with Crippen LogP contribution in [-0.4, -0.2) is 43.0 Å². The van der Waals surface area contributed by atoms with E-state index in [1.54, 1.807) is 7.11 Å². The van der Waals surface area contributed by atoms with Crippen LogP contribution in [-0.2, 0) is 17.9 Å². The van der Waals surface area contributed by atoms with Crippen LogP contribution in [0.15, 0.2) is 48.5 Å². The highest BCUT2D eigenvalue weighted by atomic mass is 35.5. The summed E-state index contributed by atoms with van der Waals surface area (Å²) in [5, 5.41) is 0.767. The first-order chi connectivity index (χ1) is 13.0. The van der Waals surface area contributed by atoms with Gasteiger partial charge < -0.3 is 9.64 Å². The van der Waals surface area contributed by atoms with Crippen molar-refractivity contribution in [3.05, 3.63) is 64.7 Å². The molecule has 1 saturated heterocycles. The second-order valence-corrected chi connectivity index (χ2v) is 7.66. The minimum absolute atomic E-state index is 0.120. The topological polar surface area (TPSA) is 32.8 Å². The van der Waals surface area contributed by atoms with Gasteiger partial charge in [0.25, 0.3) is 0 Å². The summed E-state index contributed by atoms with van der Waals surface area (Å²) < 4.78 is 5.18. The van der Waals surface area contributed by atoms with E-state index < -0.39 is 0 Å². The number of ether oxygens (including phenoxy) is 1. The van der Waals surface area contributed by atoms with E-state index in [2.05, 4.69) is 17.0 Å². The Kier molecular flexibility index (Phi) is 6.75. The summed E-state index contributed by atoms with van der Waals surface area (Å²) in [5.74, 6) is 1.20. The lowest BCUT2D eigenvalue weighted by molar-refractivity contribution is -0.136. The molecule has 0 unspecified atom stereocenters. The number of amides is 1. The van der Waals surface area contributed by atoms with E-state index in [0.29, 0.717) is 6.54 Å². The molecule has 0 bridgehead atoms. The molecule has 1 aliphatic heterocycles. The second-order valence-electron chi connectivity index (χ2n) is 7.22. The largest absolute Gasteiger partial charge is 0.497 e. The van der Waals surface area contributed by atoms with Crippen LogP contribution < -0.4 is 4.74 Å². The van der Waals surface area contributed by atoms with Gasteiger partial charge in [-0.1, -0.05) is 35.9 Å². The monoisotopic (exact) mass is 386 g/mol. The van der Waals surface area contributed by atoms with Gasteiger partial charge in [-0.25, -0.2) is 0 Å². The summed E-state index contributed by atoms with van der Waals surface area (Å²) in [5.41, 5.74) is 2.38. The van der Waals surface area contributed by atoms with Crippen LogP contribution in [0.1, 0.15) is 24.0 Å². The maximum Gasteiger partial charge on any atom is 0.225 e. The number of piperidine rings is 1. The summed E-state index contributed by atoms with van der Waals surface area (Å²) in [6.45, 7) is 3.46. The van der Waals surface area contributed by atoms with Gasteiger partial charge in [0.15, 0.2) is 0 Å². The third-order valence-corrected chi connectivity index (χ3v) is 5.46. The van der Waals surface area contributed by atoms with Crippen LogP contribution in [0, 0.1) is 5.92 Å². The van der Waals surface area contributed by atoms with Gasteiger partial charge >= 0.3 is 0 Å². The number of nitrogens with zero attached hydrogens (tertiary/aromatic N) is 2. The van der Waals surface area contributed by atoms with Gasteiger partial charge in [0.2, 0.25) is 5.91 Å². The van der Waals surface area contributed by atoms with Crippen molar-refractivity contribution >= 4 is 17.5 Å². The van der Waals surface area contributed by atoms with E-state index in [1.165, 1.54) is 5.56 Å². The predicted molar refractivity (Wildman–Crippen MR) is 109 cm³/mol. The van der Waals surface area contributed by atoms with E-state index in [-0.39, 0.29) is 11.8 Å². The molecule has 5 heteroatoms. The standard InChI is InChI=1S/C22H27ClN2O2/c1-24(15-17-5-9-21(27-2)10-6-17)22(26)19-11-13-25(14-12-19)16-18-3-7-20(23)8-4-18/h3-10,19H,11-16H2,1-2H3. The molecule has 0 radical (unpaired) electrons. The molecule has 1 fully saturated rings. The molecule has 1 amide bonds. The SMILES string of the molecule is COc1ccc(CN(C)C(=O)C2CCN(Cc3ccc(Cl)cc3)CC2)cc1. The maximum atomic E-state index is 12.8. The Morgan fingerprint density at radius 2 is 1.67 bits per heavy atom. The molecule has 1 heterocycles. The van der Waals surface area contributed by atoms with Gasteiger partial charge in [-0.3, -0.25) is 9.69 Å². The average Bonchev–Trinajstić information content (AvgIpc) is 2.70. The van der Waals surface area contributed by atoms with Crippen LogP contribution >= 0.6 is 11.6 Å². The van der Waals surface area contributed by atoms with Crippen molar-refractivity contribution < 1.29 is 9.53 Å². The highest BCUT2D eigenvalue weighted by Gasteiger charge is 2.27. The van der Waals surface area contributed by atoms with Crippen LogP contribution in [0.25, 0.3) is 0 Å². The molecule has 2 aromatic carbocycles. The van der Waals surface area contributed by atoms with Gasteiger partial charge in [0.1, 0.15) is 5.75 Å². The Morgan fingerprint density at radius 1 is 1.07 bits per heavy atom. The van der Waals surface area contributed by atoms with Gasteiger partial charge in [0, 0.05) is 31.1 Å². The molecule has 0 aliphatic carbocycles. The molecule has 0 saturated carbocycles. The number of carbonyl (C=O) groups excluding carboxylic acids is 1. The molecule has 27 heavy (non-hydrogen) atoms. The lowest BCUT2D eigenvalue weighted by Crippen LogP contribution is -2.40. The lowest BCUT2D eigenvalue weighted by atomic mass is 9.95. The third-order valence-electron chi connectivity index (χ3n) is 5.21. The fourth-order valence-corrected chi connectivity index (χ4v) is 3.71. The summed E-state index contributed by atoms with van der Waals surface area (Å²) in [4.78, 5) is 17.1. The molecule has 0 aromatic heterocycles. The van der Waals surface area contributed by atoms with Crippen molar-refractivity contribution in [2.24, 2.45) is 5.92 Å². The van der Waals surface area contributed by atoms with Crippen LogP contribution in [0.4, 0.5) is 0 Å². The van der Waals surface area contributed by atoms with Crippen molar-refractivity contribution in [1.29, 1.82) is 0 Å². The number of hydrogen-bond acceptors (Lipinski definition) is 3. The summed E-state index contributed by atoms with van der Waals surface area (Å²) >= 11 is 5.95. The Morgan fingerprint density at radius 3 is 2.26 bits per heavy atom. The molecule has 0 spiro atoms. The number of hydrogen-bond donors (Lipinski definition) is 0. The van der Waals surface area contributed by atoms with E-state index in [4.69, 9.17) is 16.3 Å². The second kappa shape index (κ2) is 9.25. The normalized spacial score (nSPS) is 15.5. The Hall–Kier alpha value is -2.04. The van der Waals surface area contributed by atoms with Crippen molar-refractivity contribution in [1.82, 2.24) is 9.80 Å². The number of rotatable bonds is 6. The van der Waals surface area contributed by atoms with Gasteiger partial charge in [-0.15, -0.1) is 0 Å². The van der Waals surface area contributed by atoms with Gasteiger partial charge in [-0.05, 0) is 61.3 Å². The van der Waals surface area contributed by atoms with E-state index in [1.807, 2.05) is 48.3 Å². The summed E-state index contributed by atoms with van der Waals surface area (Å²) in [6.07, 6.45) is 1.83. The van der Waals surface area contributed by atoms with E-state index >= 15 is 0 Å². The molecule has 0 N–H and O–H groups in total. The minimum atomic E-state index is 0.120. The molecule has 0 atom stereocenters. The zero-order valence-electron chi connectivity index (χ0n) is 16.0. The quantitative estimate of drug-likeness (QED) is 0.745. The first-order valence-corrected chi connectivity index (χ1v) is 9.77. The lowest BCUT2D eigenvalue weighted by Gasteiger charge is -2.33. The first-order valence-electron chi connectivity index (χ1n) is 9.40. The number of halogens is 1. The highest BCUT2D eigenvalue weighted by Crippen LogP contribution is 2.22. The fraction of sp³-hybridized carbons (Fsp3) is 0.409. The van der Waals surface area contributed by atoms with Gasteiger partial charge in [0.05, 0.1) is 7.11 Å². The summed E-state index contributed by atoms with van der Waals surface area (Å²) in [6, 6.07) is 15.9. The van der Waals surface area contributed by atoms with E-state index in [0.717, 1.165) is 48.8 Å². The minimum Gasteiger partial charge on any atom is -0.497 e. The van der Waals surface area contributed by atoms with Crippen LogP contribution in [0.2, 0.25) is 5.02 Å². The van der Waals surface area contributed by atoms with Crippen LogP contribution in [0.5, 0.6) is 5.75 Å². The third kappa shape index (κ3) is 5.47. The van der Waals surface area contributed by atoms with Crippen molar-refractivity contribution in [2.75, 3.05) is 27.2 Å². The number of methoxy groups -OCH3 is 1. The predicted octanol–water partition coefficient (Wildman–Crippen LogP) is 4.22. The number of likely N-dealkylation sites (tertiary alicyclic amines) is 1. The zero-order valence-corrected chi connectivity index (χ0v) is 16.8. The average molecular weight is 387 g/mol. The van der Waals surface area contributed by atoms with E-state index in [9.17, 15) is 4.79 Å². The molecule has 2 aromatic rings. The first kappa shape index (κ1) is 19.7. The number of carbonyl (C=O) groups is 1. The fourth-order valence-electron chi connectivity index (χ4n) is 3.58.